The molecule has 124 valence electrons. The molecule has 2 saturated heterocycles. The molecule has 0 saturated carbocycles. The molecule has 1 N–H and O–H groups in total. The average molecular weight is 333 g/mol. The van der Waals surface area contributed by atoms with Crippen LogP contribution in [0.3, 0.4) is 0 Å². The number of aliphatic hydroxyl groups is 1. The molecule has 1 aromatic rings. The first-order valence-corrected chi connectivity index (χ1v) is 9.60. The third-order valence-electron chi connectivity index (χ3n) is 5.50. The zero-order valence-electron chi connectivity index (χ0n) is 13.3. The van der Waals surface area contributed by atoms with Crippen LogP contribution in [0.1, 0.15) is 30.4 Å². The molecule has 1 aliphatic carbocycles. The number of morpholine rings is 1. The van der Waals surface area contributed by atoms with Crippen LogP contribution in [-0.4, -0.2) is 52.7 Å². The lowest BCUT2D eigenvalue weighted by atomic mass is 9.90. The summed E-state index contributed by atoms with van der Waals surface area (Å²) in [6.07, 6.45) is 3.05. The predicted octanol–water partition coefficient (Wildman–Crippen LogP) is 1.95. The van der Waals surface area contributed by atoms with E-state index < -0.39 is 5.60 Å². The van der Waals surface area contributed by atoms with E-state index in [-0.39, 0.29) is 11.5 Å². The van der Waals surface area contributed by atoms with Crippen LogP contribution in [0.25, 0.3) is 0 Å². The van der Waals surface area contributed by atoms with Crippen LogP contribution in [0.5, 0.6) is 0 Å². The molecule has 1 amide bonds. The number of carbonyl (C=O) groups excluding carboxylic acids is 1. The summed E-state index contributed by atoms with van der Waals surface area (Å²) >= 11 is 1.82. The molecule has 0 bridgehead atoms. The van der Waals surface area contributed by atoms with Crippen molar-refractivity contribution in [1.29, 1.82) is 0 Å². The van der Waals surface area contributed by atoms with Gasteiger partial charge in [-0.2, -0.15) is 11.8 Å². The number of hydrogen-bond acceptors (Lipinski definition) is 4. The summed E-state index contributed by atoms with van der Waals surface area (Å²) in [4.78, 5) is 14.8. The topological polar surface area (TPSA) is 49.8 Å². The van der Waals surface area contributed by atoms with Gasteiger partial charge in [-0.1, -0.05) is 24.3 Å². The van der Waals surface area contributed by atoms with Crippen molar-refractivity contribution in [1.82, 2.24) is 4.90 Å². The minimum absolute atomic E-state index is 0.0927. The van der Waals surface area contributed by atoms with Crippen LogP contribution < -0.4 is 0 Å². The fraction of sp³-hybridized carbons (Fsp3) is 0.611. The van der Waals surface area contributed by atoms with Crippen molar-refractivity contribution in [2.45, 2.75) is 36.9 Å². The molecule has 23 heavy (non-hydrogen) atoms. The highest BCUT2D eigenvalue weighted by atomic mass is 32.2. The number of rotatable bonds is 1. The molecule has 2 heterocycles. The molecule has 2 aliphatic heterocycles. The van der Waals surface area contributed by atoms with Gasteiger partial charge < -0.3 is 14.7 Å². The number of aryl methyl sites for hydroxylation is 1. The first-order valence-electron chi connectivity index (χ1n) is 8.45. The van der Waals surface area contributed by atoms with E-state index >= 15 is 0 Å². The standard InChI is InChI=1S/C18H23NO3S/c20-16(17(21)7-11-23-12-8-17)19-9-10-22-18(13-19)6-5-14-3-1-2-4-15(14)18/h1-4,21H,5-13H2. The maximum atomic E-state index is 12.9. The predicted molar refractivity (Wildman–Crippen MR) is 90.5 cm³/mol. The van der Waals surface area contributed by atoms with Gasteiger partial charge in [0, 0.05) is 6.54 Å². The maximum absolute atomic E-state index is 12.9. The maximum Gasteiger partial charge on any atom is 0.254 e. The quantitative estimate of drug-likeness (QED) is 0.853. The molecular weight excluding hydrogens is 310 g/mol. The van der Waals surface area contributed by atoms with Crippen LogP contribution >= 0.6 is 11.8 Å². The molecule has 0 aromatic heterocycles. The van der Waals surface area contributed by atoms with Crippen molar-refractivity contribution < 1.29 is 14.6 Å². The van der Waals surface area contributed by atoms with Crippen molar-refractivity contribution >= 4 is 17.7 Å². The molecule has 3 aliphatic rings. The van der Waals surface area contributed by atoms with Crippen LogP contribution in [0.15, 0.2) is 24.3 Å². The number of amides is 1. The Hall–Kier alpha value is -1.04. The van der Waals surface area contributed by atoms with Gasteiger partial charge in [-0.05, 0) is 48.3 Å². The first-order chi connectivity index (χ1) is 11.1. The minimum atomic E-state index is -1.16. The molecule has 1 atom stereocenters. The van der Waals surface area contributed by atoms with Crippen molar-refractivity contribution in [3.8, 4) is 0 Å². The molecule has 1 aromatic carbocycles. The molecule has 5 heteroatoms. The Morgan fingerprint density at radius 2 is 2.00 bits per heavy atom. The highest BCUT2D eigenvalue weighted by Gasteiger charge is 2.48. The summed E-state index contributed by atoms with van der Waals surface area (Å²) < 4.78 is 6.17. The van der Waals surface area contributed by atoms with Crippen LogP contribution in [0.2, 0.25) is 0 Å². The number of ether oxygens (including phenoxy) is 1. The Kier molecular flexibility index (Phi) is 3.90. The summed E-state index contributed by atoms with van der Waals surface area (Å²) in [7, 11) is 0. The smallest absolute Gasteiger partial charge is 0.254 e. The lowest BCUT2D eigenvalue weighted by Crippen LogP contribution is -2.58. The zero-order valence-corrected chi connectivity index (χ0v) is 14.1. The summed E-state index contributed by atoms with van der Waals surface area (Å²) in [5.41, 5.74) is 1.02. The van der Waals surface area contributed by atoms with Gasteiger partial charge in [0.25, 0.3) is 5.91 Å². The van der Waals surface area contributed by atoms with Gasteiger partial charge >= 0.3 is 0 Å². The number of hydrogen-bond donors (Lipinski definition) is 1. The second-order valence-corrected chi connectivity index (χ2v) is 8.10. The zero-order chi connectivity index (χ0) is 15.9. The van der Waals surface area contributed by atoms with Crippen LogP contribution in [0.4, 0.5) is 0 Å². The normalized spacial score (nSPS) is 29.5. The van der Waals surface area contributed by atoms with Crippen LogP contribution in [-0.2, 0) is 21.6 Å². The van der Waals surface area contributed by atoms with E-state index in [4.69, 9.17) is 4.74 Å². The second kappa shape index (κ2) is 5.80. The number of nitrogens with zero attached hydrogens (tertiary/aromatic N) is 1. The number of benzene rings is 1. The number of thioether (sulfide) groups is 1. The van der Waals surface area contributed by atoms with E-state index in [1.807, 2.05) is 22.7 Å². The van der Waals surface area contributed by atoms with E-state index in [0.717, 1.165) is 24.3 Å². The lowest BCUT2D eigenvalue weighted by Gasteiger charge is -2.44. The monoisotopic (exact) mass is 333 g/mol. The molecule has 0 radical (unpaired) electrons. The third kappa shape index (κ3) is 2.59. The van der Waals surface area contributed by atoms with E-state index in [0.29, 0.717) is 32.5 Å². The van der Waals surface area contributed by atoms with E-state index in [1.165, 1.54) is 11.1 Å². The SMILES string of the molecule is O=C(N1CCOC2(CCc3ccccc32)C1)C1(O)CCSCC1. The van der Waals surface area contributed by atoms with E-state index in [2.05, 4.69) is 18.2 Å². The lowest BCUT2D eigenvalue weighted by molar-refractivity contribution is -0.170. The summed E-state index contributed by atoms with van der Waals surface area (Å²) in [5.74, 6) is 1.63. The van der Waals surface area contributed by atoms with E-state index in [1.54, 1.807) is 0 Å². The van der Waals surface area contributed by atoms with Gasteiger partial charge in [0.15, 0.2) is 0 Å². The van der Waals surface area contributed by atoms with E-state index in [9.17, 15) is 9.90 Å². The number of carbonyl (C=O) groups is 1. The number of fused-ring (bicyclic) bond motifs is 2. The second-order valence-electron chi connectivity index (χ2n) is 6.87. The summed E-state index contributed by atoms with van der Waals surface area (Å²) in [5, 5.41) is 10.8. The molecule has 2 fully saturated rings. The largest absolute Gasteiger partial charge is 0.380 e. The van der Waals surface area contributed by atoms with Gasteiger partial charge in [0.05, 0.1) is 13.2 Å². The molecule has 1 unspecified atom stereocenters. The Balaban J connectivity index is 1.57. The molecule has 4 rings (SSSR count). The molecule has 4 nitrogen and oxygen atoms in total. The molecular formula is C18H23NO3S. The van der Waals surface area contributed by atoms with Crippen molar-refractivity contribution in [2.75, 3.05) is 31.2 Å². The highest BCUT2D eigenvalue weighted by molar-refractivity contribution is 7.99. The summed E-state index contributed by atoms with van der Waals surface area (Å²) in [6.45, 7) is 1.70. The van der Waals surface area contributed by atoms with Gasteiger partial charge in [0.2, 0.25) is 0 Å². The van der Waals surface area contributed by atoms with Crippen LogP contribution in [0, 0.1) is 0 Å². The van der Waals surface area contributed by atoms with Gasteiger partial charge in [-0.15, -0.1) is 0 Å². The highest BCUT2D eigenvalue weighted by Crippen LogP contribution is 2.42. The Bertz CT molecular complexity index is 610. The third-order valence-corrected chi connectivity index (χ3v) is 6.48. The Morgan fingerprint density at radius 1 is 1.22 bits per heavy atom. The van der Waals surface area contributed by atoms with Gasteiger partial charge in [-0.3, -0.25) is 4.79 Å². The molecule has 1 spiro atoms. The fourth-order valence-electron chi connectivity index (χ4n) is 4.14. The Morgan fingerprint density at radius 3 is 2.83 bits per heavy atom. The minimum Gasteiger partial charge on any atom is -0.380 e. The fourth-order valence-corrected chi connectivity index (χ4v) is 5.31. The average Bonchev–Trinajstić information content (AvgIpc) is 2.93. The van der Waals surface area contributed by atoms with Gasteiger partial charge in [-0.25, -0.2) is 0 Å². The van der Waals surface area contributed by atoms with Gasteiger partial charge in [0.1, 0.15) is 11.2 Å². The van der Waals surface area contributed by atoms with Crippen molar-refractivity contribution in [3.63, 3.8) is 0 Å². The van der Waals surface area contributed by atoms with Crippen molar-refractivity contribution in [3.05, 3.63) is 35.4 Å². The first kappa shape index (κ1) is 15.5. The van der Waals surface area contributed by atoms with Crippen molar-refractivity contribution in [2.24, 2.45) is 0 Å². The Labute approximate surface area is 141 Å². The summed E-state index contributed by atoms with van der Waals surface area (Å²) in [6, 6.07) is 8.39.